The second-order valence-corrected chi connectivity index (χ2v) is 8.87. The Balaban J connectivity index is 1.92. The molecule has 0 radical (unpaired) electrons. The van der Waals surface area contributed by atoms with E-state index in [2.05, 4.69) is 53.3 Å². The second-order valence-electron chi connectivity index (χ2n) is 8.02. The number of benzene rings is 3. The number of hydrogen-bond donors (Lipinski definition) is 1. The van der Waals surface area contributed by atoms with Gasteiger partial charge in [-0.25, -0.2) is 0 Å². The van der Waals surface area contributed by atoms with Gasteiger partial charge in [0.2, 0.25) is 0 Å². The van der Waals surface area contributed by atoms with Crippen LogP contribution in [0.3, 0.4) is 0 Å². The lowest BCUT2D eigenvalue weighted by atomic mass is 9.98. The first-order valence-corrected chi connectivity index (χ1v) is 11.7. The van der Waals surface area contributed by atoms with E-state index in [1.165, 1.54) is 41.5 Å². The predicted octanol–water partition coefficient (Wildman–Crippen LogP) is 6.51. The van der Waals surface area contributed by atoms with Crippen molar-refractivity contribution in [3.05, 3.63) is 103 Å². The van der Waals surface area contributed by atoms with Gasteiger partial charge in [0.05, 0.1) is 11.5 Å². The third kappa shape index (κ3) is 6.78. The molecule has 0 unspecified atom stereocenters. The number of nitrogens with zero attached hydrogens (tertiary/aromatic N) is 2. The maximum absolute atomic E-state index is 12.7. The quantitative estimate of drug-likeness (QED) is 0.154. The predicted molar refractivity (Wildman–Crippen MR) is 139 cm³/mol. The Morgan fingerprint density at radius 3 is 2.51 bits per heavy atom. The number of nitro benzene ring substituents is 1. The molecule has 0 saturated heterocycles. The van der Waals surface area contributed by atoms with Gasteiger partial charge in [-0.05, 0) is 56.2 Å². The number of nitriles is 1. The molecule has 3 aromatic carbocycles. The van der Waals surface area contributed by atoms with Crippen molar-refractivity contribution in [3.63, 3.8) is 0 Å². The first-order valence-electron chi connectivity index (χ1n) is 10.9. The van der Waals surface area contributed by atoms with Gasteiger partial charge in [-0.2, -0.15) is 5.26 Å². The first-order chi connectivity index (χ1) is 16.7. The zero-order chi connectivity index (χ0) is 25.5. The fraction of sp³-hybridized carbons (Fsp3) is 0.185. The smallest absolute Gasteiger partial charge is 0.271 e. The molecule has 1 amide bonds. The number of carbonyl (C=O) groups is 1. The largest absolute Gasteiger partial charge is 0.494 e. The summed E-state index contributed by atoms with van der Waals surface area (Å²) < 4.78 is 6.69. The molecule has 0 spiro atoms. The van der Waals surface area contributed by atoms with E-state index in [1.807, 2.05) is 19.1 Å². The van der Waals surface area contributed by atoms with Crippen LogP contribution >= 0.6 is 15.9 Å². The number of rotatable bonds is 8. The lowest BCUT2D eigenvalue weighted by molar-refractivity contribution is -0.384. The minimum absolute atomic E-state index is 0.145. The van der Waals surface area contributed by atoms with E-state index in [-0.39, 0.29) is 16.9 Å². The summed E-state index contributed by atoms with van der Waals surface area (Å²) in [5.74, 6) is -0.00920. The Hall–Kier alpha value is -3.96. The number of halogens is 1. The number of nitro groups is 1. The van der Waals surface area contributed by atoms with Crippen LogP contribution in [0.2, 0.25) is 0 Å². The minimum Gasteiger partial charge on any atom is -0.494 e. The van der Waals surface area contributed by atoms with Crippen molar-refractivity contribution in [1.29, 1.82) is 5.26 Å². The Morgan fingerprint density at radius 1 is 1.17 bits per heavy atom. The molecule has 178 valence electrons. The van der Waals surface area contributed by atoms with E-state index in [1.54, 1.807) is 6.07 Å². The van der Waals surface area contributed by atoms with E-state index in [0.29, 0.717) is 24.3 Å². The maximum Gasteiger partial charge on any atom is 0.271 e. The van der Waals surface area contributed by atoms with Gasteiger partial charge in [0.25, 0.3) is 11.6 Å². The topological polar surface area (TPSA) is 105 Å². The summed E-state index contributed by atoms with van der Waals surface area (Å²) in [6.07, 6.45) is 2.11. The molecule has 0 saturated carbocycles. The normalized spacial score (nSPS) is 11.0. The van der Waals surface area contributed by atoms with E-state index < -0.39 is 10.8 Å². The maximum atomic E-state index is 12.7. The Labute approximate surface area is 212 Å². The Morgan fingerprint density at radius 2 is 1.89 bits per heavy atom. The van der Waals surface area contributed by atoms with E-state index in [4.69, 9.17) is 4.74 Å². The van der Waals surface area contributed by atoms with Crippen LogP contribution in [0.25, 0.3) is 6.08 Å². The molecule has 3 rings (SSSR count). The van der Waals surface area contributed by atoms with Gasteiger partial charge >= 0.3 is 0 Å². The molecule has 3 aromatic rings. The van der Waals surface area contributed by atoms with Gasteiger partial charge < -0.3 is 10.1 Å². The molecule has 1 N–H and O–H groups in total. The third-order valence-corrected chi connectivity index (χ3v) is 5.84. The number of amides is 1. The number of hydrogen-bond acceptors (Lipinski definition) is 5. The monoisotopic (exact) mass is 533 g/mol. The van der Waals surface area contributed by atoms with Gasteiger partial charge in [-0.1, -0.05) is 51.3 Å². The summed E-state index contributed by atoms with van der Waals surface area (Å²) in [6, 6.07) is 17.5. The first kappa shape index (κ1) is 25.7. The molecule has 0 aliphatic heterocycles. The van der Waals surface area contributed by atoms with Crippen molar-refractivity contribution in [2.45, 2.75) is 27.2 Å². The molecule has 8 heteroatoms. The number of non-ortho nitro benzene ring substituents is 1. The number of carbonyl (C=O) groups excluding carboxylic acids is 1. The average Bonchev–Trinajstić information content (AvgIpc) is 2.79. The highest BCUT2D eigenvalue weighted by Gasteiger charge is 2.15. The second kappa shape index (κ2) is 11.4. The van der Waals surface area contributed by atoms with Gasteiger partial charge in [0.1, 0.15) is 17.4 Å². The lowest BCUT2D eigenvalue weighted by Crippen LogP contribution is -2.13. The van der Waals surface area contributed by atoms with Crippen LogP contribution in [0, 0.1) is 35.3 Å². The lowest BCUT2D eigenvalue weighted by Gasteiger charge is -2.15. The Bertz CT molecular complexity index is 1340. The highest BCUT2D eigenvalue weighted by Crippen LogP contribution is 2.33. The van der Waals surface area contributed by atoms with Crippen LogP contribution in [-0.2, 0) is 11.2 Å². The molecular weight excluding hydrogens is 510 g/mol. The zero-order valence-electron chi connectivity index (χ0n) is 19.6. The third-order valence-electron chi connectivity index (χ3n) is 5.13. The van der Waals surface area contributed by atoms with E-state index in [9.17, 15) is 20.2 Å². The number of aryl methyl sites for hydroxylation is 2. The fourth-order valence-corrected chi connectivity index (χ4v) is 4.36. The van der Waals surface area contributed by atoms with Crippen LogP contribution in [0.15, 0.2) is 64.6 Å². The highest BCUT2D eigenvalue weighted by atomic mass is 79.9. The molecule has 7 nitrogen and oxygen atoms in total. The summed E-state index contributed by atoms with van der Waals surface area (Å²) in [5.41, 5.74) is 5.02. The summed E-state index contributed by atoms with van der Waals surface area (Å²) in [7, 11) is 0. The molecule has 0 atom stereocenters. The molecule has 0 aliphatic carbocycles. The zero-order valence-corrected chi connectivity index (χ0v) is 21.2. The van der Waals surface area contributed by atoms with Crippen molar-refractivity contribution in [2.24, 2.45) is 0 Å². The van der Waals surface area contributed by atoms with Gasteiger partial charge in [0, 0.05) is 34.3 Å². The van der Waals surface area contributed by atoms with Gasteiger partial charge in [0.15, 0.2) is 0 Å². The summed E-state index contributed by atoms with van der Waals surface area (Å²) in [5, 5.41) is 23.1. The minimum atomic E-state index is -0.665. The van der Waals surface area contributed by atoms with Crippen molar-refractivity contribution in [2.75, 3.05) is 11.9 Å². The van der Waals surface area contributed by atoms with Crippen LogP contribution < -0.4 is 10.1 Å². The SMILES string of the molecule is CCOc1cc(/C=C(\C#N)C(=O)Nc2cccc([N+](=O)[O-])c2)cc(Br)c1Cc1cc(C)cc(C)c1. The van der Waals surface area contributed by atoms with Crippen LogP contribution in [0.1, 0.15) is 34.7 Å². The average molecular weight is 534 g/mol. The Kier molecular flexibility index (Phi) is 8.39. The van der Waals surface area contributed by atoms with Gasteiger partial charge in [-0.15, -0.1) is 0 Å². The van der Waals surface area contributed by atoms with Gasteiger partial charge in [-0.3, -0.25) is 14.9 Å². The van der Waals surface area contributed by atoms with Crippen LogP contribution in [0.4, 0.5) is 11.4 Å². The molecule has 0 bridgehead atoms. The summed E-state index contributed by atoms with van der Waals surface area (Å²) in [4.78, 5) is 23.1. The molecule has 0 aromatic heterocycles. The molecule has 0 heterocycles. The number of anilines is 1. The molecular formula is C27H24BrN3O4. The highest BCUT2D eigenvalue weighted by molar-refractivity contribution is 9.10. The molecule has 35 heavy (non-hydrogen) atoms. The molecule has 0 fully saturated rings. The number of nitrogens with one attached hydrogen (secondary N) is 1. The summed E-state index contributed by atoms with van der Waals surface area (Å²) >= 11 is 3.63. The van der Waals surface area contributed by atoms with E-state index in [0.717, 1.165) is 15.6 Å². The van der Waals surface area contributed by atoms with Crippen molar-refractivity contribution in [3.8, 4) is 11.8 Å². The van der Waals surface area contributed by atoms with Crippen LogP contribution in [-0.4, -0.2) is 17.4 Å². The van der Waals surface area contributed by atoms with Crippen molar-refractivity contribution >= 4 is 39.3 Å². The van der Waals surface area contributed by atoms with Crippen molar-refractivity contribution in [1.82, 2.24) is 0 Å². The number of ether oxygens (including phenoxy) is 1. The van der Waals surface area contributed by atoms with Crippen molar-refractivity contribution < 1.29 is 14.5 Å². The van der Waals surface area contributed by atoms with E-state index >= 15 is 0 Å². The fourth-order valence-electron chi connectivity index (χ4n) is 3.76. The summed E-state index contributed by atoms with van der Waals surface area (Å²) in [6.45, 7) is 6.47. The molecule has 0 aliphatic rings. The van der Waals surface area contributed by atoms with Crippen LogP contribution in [0.5, 0.6) is 5.75 Å². The standard InChI is InChI=1S/C27H24BrN3O4/c1-4-35-26-14-20(13-25(28)24(26)12-19-9-17(2)8-18(3)10-19)11-21(16-29)27(32)30-22-6-5-7-23(15-22)31(33)34/h5-11,13-15H,4,12H2,1-3H3,(H,30,32)/b21-11+.